The second kappa shape index (κ2) is 8.01. The van der Waals surface area contributed by atoms with Gasteiger partial charge in [0.25, 0.3) is 0 Å². The third-order valence-corrected chi connectivity index (χ3v) is 5.95. The number of sulfonamides is 1. The van der Waals surface area contributed by atoms with Crippen molar-refractivity contribution in [3.05, 3.63) is 11.7 Å². The molecule has 0 radical (unpaired) electrons. The van der Waals surface area contributed by atoms with Crippen LogP contribution in [0.15, 0.2) is 4.52 Å². The van der Waals surface area contributed by atoms with Gasteiger partial charge in [-0.25, -0.2) is 13.1 Å². The topological polar surface area (TPSA) is 174 Å². The van der Waals surface area contributed by atoms with E-state index in [0.29, 0.717) is 12.8 Å². The number of primary amides is 1. The van der Waals surface area contributed by atoms with Crippen LogP contribution >= 0.6 is 0 Å². The molecule has 1 saturated carbocycles. The maximum atomic E-state index is 12.5. The van der Waals surface area contributed by atoms with Crippen LogP contribution in [0.2, 0.25) is 0 Å². The van der Waals surface area contributed by atoms with Gasteiger partial charge in [-0.05, 0) is 12.8 Å². The SMILES string of the molecule is NC(=O)C[C@H](NS(=O)(=O)C1CCCCC1)c1nc([C@@H](N)CO)no1. The monoisotopic (exact) mass is 361 g/mol. The highest BCUT2D eigenvalue weighted by Gasteiger charge is 2.33. The second-order valence-corrected chi connectivity index (χ2v) is 7.92. The summed E-state index contributed by atoms with van der Waals surface area (Å²) in [7, 11) is -3.66. The maximum Gasteiger partial charge on any atom is 0.245 e. The second-order valence-electron chi connectivity index (χ2n) is 5.93. The first-order valence-electron chi connectivity index (χ1n) is 7.83. The summed E-state index contributed by atoms with van der Waals surface area (Å²) in [5.74, 6) is -0.788. The first kappa shape index (κ1) is 18.8. The molecular formula is C13H23N5O5S. The van der Waals surface area contributed by atoms with E-state index in [9.17, 15) is 13.2 Å². The first-order valence-corrected chi connectivity index (χ1v) is 9.37. The molecule has 0 aromatic carbocycles. The fourth-order valence-corrected chi connectivity index (χ4v) is 4.40. The van der Waals surface area contributed by atoms with Gasteiger partial charge in [0, 0.05) is 0 Å². The Balaban J connectivity index is 2.18. The van der Waals surface area contributed by atoms with E-state index in [0.717, 1.165) is 19.3 Å². The third kappa shape index (κ3) is 4.72. The van der Waals surface area contributed by atoms with E-state index in [4.69, 9.17) is 21.1 Å². The fourth-order valence-electron chi connectivity index (χ4n) is 2.67. The van der Waals surface area contributed by atoms with Crippen LogP contribution in [0.25, 0.3) is 0 Å². The van der Waals surface area contributed by atoms with Crippen molar-refractivity contribution in [3.8, 4) is 0 Å². The van der Waals surface area contributed by atoms with E-state index in [-0.39, 0.29) is 18.1 Å². The Labute approximate surface area is 140 Å². The number of nitrogens with two attached hydrogens (primary N) is 2. The van der Waals surface area contributed by atoms with Crippen LogP contribution in [-0.4, -0.2) is 41.4 Å². The van der Waals surface area contributed by atoms with Crippen LogP contribution in [0.5, 0.6) is 0 Å². The number of aromatic nitrogens is 2. The summed E-state index contributed by atoms with van der Waals surface area (Å²) in [4.78, 5) is 15.2. The Bertz CT molecular complexity index is 655. The molecule has 1 amide bonds. The average molecular weight is 361 g/mol. The Hall–Kier alpha value is -1.56. The van der Waals surface area contributed by atoms with Gasteiger partial charge >= 0.3 is 0 Å². The molecule has 0 bridgehead atoms. The average Bonchev–Trinajstić information content (AvgIpc) is 3.04. The summed E-state index contributed by atoms with van der Waals surface area (Å²) in [5.41, 5.74) is 10.8. The number of hydrogen-bond acceptors (Lipinski definition) is 8. The number of nitrogens with one attached hydrogen (secondary N) is 1. The smallest absolute Gasteiger partial charge is 0.245 e. The fraction of sp³-hybridized carbons (Fsp3) is 0.769. The number of hydrogen-bond donors (Lipinski definition) is 4. The molecule has 2 atom stereocenters. The van der Waals surface area contributed by atoms with Crippen molar-refractivity contribution in [2.24, 2.45) is 11.5 Å². The van der Waals surface area contributed by atoms with Crippen LogP contribution in [0, 0.1) is 0 Å². The molecule has 1 fully saturated rings. The number of aliphatic hydroxyl groups excluding tert-OH is 1. The number of aliphatic hydroxyl groups is 1. The highest BCUT2D eigenvalue weighted by molar-refractivity contribution is 7.90. The van der Waals surface area contributed by atoms with E-state index in [2.05, 4.69) is 14.9 Å². The molecule has 0 aliphatic heterocycles. The van der Waals surface area contributed by atoms with Crippen molar-refractivity contribution in [1.29, 1.82) is 0 Å². The van der Waals surface area contributed by atoms with Crippen molar-refractivity contribution in [1.82, 2.24) is 14.9 Å². The van der Waals surface area contributed by atoms with Gasteiger partial charge in [-0.3, -0.25) is 4.79 Å². The third-order valence-electron chi connectivity index (χ3n) is 3.99. The zero-order chi connectivity index (χ0) is 17.7. The van der Waals surface area contributed by atoms with Gasteiger partial charge in [-0.15, -0.1) is 0 Å². The zero-order valence-corrected chi connectivity index (χ0v) is 14.0. The van der Waals surface area contributed by atoms with Crippen molar-refractivity contribution < 1.29 is 22.8 Å². The molecule has 1 aliphatic carbocycles. The van der Waals surface area contributed by atoms with Gasteiger partial charge < -0.3 is 21.1 Å². The summed E-state index contributed by atoms with van der Waals surface area (Å²) < 4.78 is 32.5. The molecule has 11 heteroatoms. The molecule has 1 heterocycles. The number of carbonyl (C=O) groups is 1. The summed E-state index contributed by atoms with van der Waals surface area (Å²) in [5, 5.41) is 12.1. The van der Waals surface area contributed by atoms with Gasteiger partial charge in [-0.2, -0.15) is 4.98 Å². The highest BCUT2D eigenvalue weighted by atomic mass is 32.2. The summed E-state index contributed by atoms with van der Waals surface area (Å²) in [6, 6.07) is -1.91. The van der Waals surface area contributed by atoms with Crippen LogP contribution in [0.4, 0.5) is 0 Å². The van der Waals surface area contributed by atoms with Gasteiger partial charge in [-0.1, -0.05) is 24.4 Å². The molecule has 0 spiro atoms. The van der Waals surface area contributed by atoms with Gasteiger partial charge in [0.05, 0.1) is 24.3 Å². The Morgan fingerprint density at radius 2 is 2.04 bits per heavy atom. The molecule has 0 unspecified atom stereocenters. The molecule has 1 aromatic heterocycles. The van der Waals surface area contributed by atoms with Crippen molar-refractivity contribution in [2.45, 2.75) is 55.9 Å². The molecule has 6 N–H and O–H groups in total. The minimum atomic E-state index is -3.66. The number of carbonyl (C=O) groups excluding carboxylic acids is 1. The van der Waals surface area contributed by atoms with E-state index in [1.54, 1.807) is 0 Å². The van der Waals surface area contributed by atoms with Crippen LogP contribution < -0.4 is 16.2 Å². The molecule has 0 saturated heterocycles. The largest absolute Gasteiger partial charge is 0.394 e. The normalized spacial score (nSPS) is 19.1. The predicted molar refractivity (Wildman–Crippen MR) is 83.8 cm³/mol. The maximum absolute atomic E-state index is 12.5. The minimum Gasteiger partial charge on any atom is -0.394 e. The lowest BCUT2D eigenvalue weighted by Gasteiger charge is -2.24. The zero-order valence-electron chi connectivity index (χ0n) is 13.2. The summed E-state index contributed by atoms with van der Waals surface area (Å²) in [6.45, 7) is -0.396. The highest BCUT2D eigenvalue weighted by Crippen LogP contribution is 2.26. The van der Waals surface area contributed by atoms with E-state index < -0.39 is 39.9 Å². The first-order chi connectivity index (χ1) is 11.3. The molecule has 10 nitrogen and oxygen atoms in total. The number of nitrogens with zero attached hydrogens (tertiary/aromatic N) is 2. The number of amides is 1. The molecule has 24 heavy (non-hydrogen) atoms. The lowest BCUT2D eigenvalue weighted by Crippen LogP contribution is -2.39. The molecule has 136 valence electrons. The standard InChI is InChI=1S/C13H23N5O5S/c14-9(7-19)12-16-13(23-17-12)10(6-11(15)20)18-24(21,22)8-4-2-1-3-5-8/h8-10,18-19H,1-7,14H2,(H2,15,20)/t9-,10-/m0/s1. The lowest BCUT2D eigenvalue weighted by molar-refractivity contribution is -0.118. The van der Waals surface area contributed by atoms with Crippen LogP contribution in [0.1, 0.15) is 62.3 Å². The van der Waals surface area contributed by atoms with E-state index in [1.807, 2.05) is 0 Å². The predicted octanol–water partition coefficient (Wildman–Crippen LogP) is -0.770. The minimum absolute atomic E-state index is 0.0267. The quantitative estimate of drug-likeness (QED) is 0.466. The Morgan fingerprint density at radius 3 is 2.62 bits per heavy atom. The summed E-state index contributed by atoms with van der Waals surface area (Å²) >= 11 is 0. The molecule has 2 rings (SSSR count). The molecule has 1 aromatic rings. The lowest BCUT2D eigenvalue weighted by atomic mass is 10.0. The van der Waals surface area contributed by atoms with Crippen molar-refractivity contribution in [2.75, 3.05) is 6.61 Å². The van der Waals surface area contributed by atoms with Crippen LogP contribution in [0.3, 0.4) is 0 Å². The molecule has 1 aliphatic rings. The Morgan fingerprint density at radius 1 is 1.38 bits per heavy atom. The van der Waals surface area contributed by atoms with Crippen LogP contribution in [-0.2, 0) is 14.8 Å². The van der Waals surface area contributed by atoms with E-state index >= 15 is 0 Å². The Kier molecular flexibility index (Phi) is 6.27. The van der Waals surface area contributed by atoms with Gasteiger partial charge in [0.15, 0.2) is 5.82 Å². The van der Waals surface area contributed by atoms with E-state index in [1.165, 1.54) is 0 Å². The summed E-state index contributed by atoms with van der Waals surface area (Å²) in [6.07, 6.45) is 3.54. The van der Waals surface area contributed by atoms with Crippen molar-refractivity contribution in [3.63, 3.8) is 0 Å². The number of rotatable bonds is 8. The van der Waals surface area contributed by atoms with Gasteiger partial charge in [0.2, 0.25) is 21.8 Å². The molecular weight excluding hydrogens is 338 g/mol. The van der Waals surface area contributed by atoms with Crippen molar-refractivity contribution >= 4 is 15.9 Å². The van der Waals surface area contributed by atoms with Gasteiger partial charge in [0.1, 0.15) is 6.04 Å².